The third-order valence-electron chi connectivity index (χ3n) is 4.23. The van der Waals surface area contributed by atoms with Gasteiger partial charge in [-0.3, -0.25) is 9.59 Å². The first-order chi connectivity index (χ1) is 10.9. The number of benzene rings is 1. The molecule has 1 fully saturated rings. The summed E-state index contributed by atoms with van der Waals surface area (Å²) in [7, 11) is 1.65. The Bertz CT molecular complexity index is 606. The Hall–Kier alpha value is -2.30. The summed E-state index contributed by atoms with van der Waals surface area (Å²) < 4.78 is 5.25. The minimum atomic E-state index is -0.0113. The maximum absolute atomic E-state index is 12.3. The molecule has 2 amide bonds. The molecular weight excluding hydrogens is 292 g/mol. The Morgan fingerprint density at radius 1 is 1.04 bits per heavy atom. The first-order valence-corrected chi connectivity index (χ1v) is 7.80. The highest BCUT2D eigenvalue weighted by atomic mass is 16.5. The summed E-state index contributed by atoms with van der Waals surface area (Å²) >= 11 is 0. The first kappa shape index (κ1) is 17.1. The lowest BCUT2D eigenvalue weighted by atomic mass is 10.0. The van der Waals surface area contributed by atoms with Crippen LogP contribution in [-0.2, 0) is 9.59 Å². The molecule has 0 radical (unpaired) electrons. The van der Waals surface area contributed by atoms with Crippen molar-refractivity contribution in [2.24, 2.45) is 0 Å². The number of rotatable bonds is 3. The number of methoxy groups -OCH3 is 1. The Kier molecular flexibility index (Phi) is 5.42. The van der Waals surface area contributed by atoms with Crippen LogP contribution in [0.2, 0.25) is 0 Å². The number of aryl methyl sites for hydroxylation is 2. The van der Waals surface area contributed by atoms with Crippen molar-refractivity contribution in [3.63, 3.8) is 0 Å². The van der Waals surface area contributed by atoms with Crippen LogP contribution in [0.25, 0.3) is 6.08 Å². The Labute approximate surface area is 137 Å². The Balaban J connectivity index is 2.03. The molecule has 0 saturated carbocycles. The number of hydrogen-bond acceptors (Lipinski definition) is 3. The summed E-state index contributed by atoms with van der Waals surface area (Å²) in [6, 6.07) is 3.92. The maximum Gasteiger partial charge on any atom is 0.246 e. The van der Waals surface area contributed by atoms with E-state index in [9.17, 15) is 9.59 Å². The molecule has 0 unspecified atom stereocenters. The van der Waals surface area contributed by atoms with Gasteiger partial charge in [-0.2, -0.15) is 0 Å². The highest BCUT2D eigenvalue weighted by molar-refractivity contribution is 5.92. The van der Waals surface area contributed by atoms with Gasteiger partial charge in [-0.1, -0.05) is 0 Å². The van der Waals surface area contributed by atoms with Crippen LogP contribution in [0.4, 0.5) is 0 Å². The molecule has 0 aromatic heterocycles. The van der Waals surface area contributed by atoms with Gasteiger partial charge in [0.1, 0.15) is 5.75 Å². The molecule has 1 heterocycles. The van der Waals surface area contributed by atoms with E-state index in [1.165, 1.54) is 0 Å². The van der Waals surface area contributed by atoms with E-state index in [0.29, 0.717) is 26.2 Å². The van der Waals surface area contributed by atoms with Crippen LogP contribution in [0.1, 0.15) is 23.6 Å². The zero-order valence-electron chi connectivity index (χ0n) is 14.3. The second kappa shape index (κ2) is 7.31. The molecule has 1 aliphatic rings. The molecule has 124 valence electrons. The van der Waals surface area contributed by atoms with Gasteiger partial charge in [0.2, 0.25) is 11.8 Å². The largest absolute Gasteiger partial charge is 0.497 e. The van der Waals surface area contributed by atoms with E-state index in [-0.39, 0.29) is 11.8 Å². The van der Waals surface area contributed by atoms with E-state index in [0.717, 1.165) is 22.4 Å². The van der Waals surface area contributed by atoms with Crippen molar-refractivity contribution in [1.82, 2.24) is 9.80 Å². The lowest BCUT2D eigenvalue weighted by Crippen LogP contribution is -2.49. The van der Waals surface area contributed by atoms with Crippen molar-refractivity contribution >= 4 is 17.9 Å². The summed E-state index contributed by atoms with van der Waals surface area (Å²) in [5.74, 6) is 0.878. The Morgan fingerprint density at radius 2 is 1.57 bits per heavy atom. The molecule has 5 nitrogen and oxygen atoms in total. The lowest BCUT2D eigenvalue weighted by Gasteiger charge is -2.33. The fraction of sp³-hybridized carbons (Fsp3) is 0.444. The molecule has 1 aromatic rings. The summed E-state index contributed by atoms with van der Waals surface area (Å²) in [6.07, 6.45) is 3.48. The van der Waals surface area contributed by atoms with Gasteiger partial charge in [0.15, 0.2) is 0 Å². The van der Waals surface area contributed by atoms with Crippen molar-refractivity contribution in [3.05, 3.63) is 34.9 Å². The van der Waals surface area contributed by atoms with Crippen LogP contribution in [0.15, 0.2) is 18.2 Å². The molecule has 0 atom stereocenters. The summed E-state index contributed by atoms with van der Waals surface area (Å²) in [6.45, 7) is 7.96. The van der Waals surface area contributed by atoms with Gasteiger partial charge in [0.05, 0.1) is 7.11 Å². The van der Waals surface area contributed by atoms with Crippen molar-refractivity contribution in [2.75, 3.05) is 33.3 Å². The number of carbonyl (C=O) groups is 2. The minimum Gasteiger partial charge on any atom is -0.497 e. The second-order valence-electron chi connectivity index (χ2n) is 5.84. The normalized spacial score (nSPS) is 15.1. The summed E-state index contributed by atoms with van der Waals surface area (Å²) in [5, 5.41) is 0. The number of nitrogens with zero attached hydrogens (tertiary/aromatic N) is 2. The number of hydrogen-bond donors (Lipinski definition) is 0. The van der Waals surface area contributed by atoms with Gasteiger partial charge in [-0.25, -0.2) is 0 Å². The topological polar surface area (TPSA) is 49.9 Å². The minimum absolute atomic E-state index is 0.0113. The quantitative estimate of drug-likeness (QED) is 0.802. The molecule has 0 spiro atoms. The molecule has 5 heteroatoms. The van der Waals surface area contributed by atoms with Crippen molar-refractivity contribution in [1.29, 1.82) is 0 Å². The van der Waals surface area contributed by atoms with E-state index in [1.807, 2.05) is 32.1 Å². The van der Waals surface area contributed by atoms with Gasteiger partial charge in [0, 0.05) is 39.2 Å². The average molecular weight is 316 g/mol. The average Bonchev–Trinajstić information content (AvgIpc) is 2.53. The number of piperazine rings is 1. The van der Waals surface area contributed by atoms with E-state index in [2.05, 4.69) is 0 Å². The van der Waals surface area contributed by atoms with E-state index in [4.69, 9.17) is 4.74 Å². The van der Waals surface area contributed by atoms with Crippen LogP contribution in [0, 0.1) is 13.8 Å². The Morgan fingerprint density at radius 3 is 2.04 bits per heavy atom. The third-order valence-corrected chi connectivity index (χ3v) is 4.23. The molecule has 1 aromatic carbocycles. The fourth-order valence-corrected chi connectivity index (χ4v) is 2.82. The zero-order valence-corrected chi connectivity index (χ0v) is 14.3. The first-order valence-electron chi connectivity index (χ1n) is 7.80. The van der Waals surface area contributed by atoms with Crippen LogP contribution >= 0.6 is 0 Å². The van der Waals surface area contributed by atoms with Crippen LogP contribution in [-0.4, -0.2) is 54.9 Å². The molecule has 1 aliphatic heterocycles. The van der Waals surface area contributed by atoms with Gasteiger partial charge < -0.3 is 14.5 Å². The zero-order chi connectivity index (χ0) is 17.0. The lowest BCUT2D eigenvalue weighted by molar-refractivity contribution is -0.135. The highest BCUT2D eigenvalue weighted by Gasteiger charge is 2.20. The molecule has 0 aliphatic carbocycles. The van der Waals surface area contributed by atoms with Gasteiger partial charge in [-0.05, 0) is 48.7 Å². The molecular formula is C18H24N2O3. The van der Waals surface area contributed by atoms with Crippen molar-refractivity contribution in [2.45, 2.75) is 20.8 Å². The van der Waals surface area contributed by atoms with E-state index >= 15 is 0 Å². The maximum atomic E-state index is 12.3. The predicted molar refractivity (Wildman–Crippen MR) is 90.3 cm³/mol. The van der Waals surface area contributed by atoms with Crippen LogP contribution in [0.3, 0.4) is 0 Å². The van der Waals surface area contributed by atoms with E-state index < -0.39 is 0 Å². The molecule has 23 heavy (non-hydrogen) atoms. The number of carbonyl (C=O) groups excluding carboxylic acids is 2. The van der Waals surface area contributed by atoms with Crippen molar-refractivity contribution in [3.8, 4) is 5.75 Å². The standard InChI is InChI=1S/C18H24N2O3/c1-13-11-16(23-4)12-14(2)17(13)5-6-18(22)20-9-7-19(8-10-20)15(3)21/h5-6,11-12H,7-10H2,1-4H3/b6-5+. The van der Waals surface area contributed by atoms with Crippen LogP contribution < -0.4 is 4.74 Å². The SMILES string of the molecule is COc1cc(C)c(/C=C/C(=O)N2CCN(C(C)=O)CC2)c(C)c1. The third kappa shape index (κ3) is 4.12. The summed E-state index contributed by atoms with van der Waals surface area (Å²) in [4.78, 5) is 27.2. The molecule has 0 bridgehead atoms. The fourth-order valence-electron chi connectivity index (χ4n) is 2.82. The van der Waals surface area contributed by atoms with Gasteiger partial charge >= 0.3 is 0 Å². The summed E-state index contributed by atoms with van der Waals surface area (Å²) in [5.41, 5.74) is 3.20. The van der Waals surface area contributed by atoms with Gasteiger partial charge in [0.25, 0.3) is 0 Å². The molecule has 1 saturated heterocycles. The monoisotopic (exact) mass is 316 g/mol. The molecule has 2 rings (SSSR count). The molecule has 0 N–H and O–H groups in total. The van der Waals surface area contributed by atoms with E-state index in [1.54, 1.807) is 29.9 Å². The smallest absolute Gasteiger partial charge is 0.246 e. The number of ether oxygens (including phenoxy) is 1. The van der Waals surface area contributed by atoms with Crippen LogP contribution in [0.5, 0.6) is 5.75 Å². The predicted octanol–water partition coefficient (Wildman–Crippen LogP) is 2.02. The highest BCUT2D eigenvalue weighted by Crippen LogP contribution is 2.22. The van der Waals surface area contributed by atoms with Crippen molar-refractivity contribution < 1.29 is 14.3 Å². The van der Waals surface area contributed by atoms with Gasteiger partial charge in [-0.15, -0.1) is 0 Å². The number of amides is 2. The second-order valence-corrected chi connectivity index (χ2v) is 5.84.